The summed E-state index contributed by atoms with van der Waals surface area (Å²) in [6.45, 7) is 15.2. The summed E-state index contributed by atoms with van der Waals surface area (Å²) < 4.78 is 0. The van der Waals surface area contributed by atoms with Crippen LogP contribution in [0.5, 0.6) is 0 Å². The van der Waals surface area contributed by atoms with E-state index in [-0.39, 0.29) is 0 Å². The van der Waals surface area contributed by atoms with Crippen molar-refractivity contribution in [2.45, 2.75) is 59.0 Å². The van der Waals surface area contributed by atoms with Crippen LogP contribution in [0, 0.1) is 5.92 Å². The van der Waals surface area contributed by atoms with Gasteiger partial charge in [-0.2, -0.15) is 0 Å². The van der Waals surface area contributed by atoms with E-state index in [1.165, 1.54) is 25.9 Å². The van der Waals surface area contributed by atoms with Gasteiger partial charge in [0.15, 0.2) is 0 Å². The first-order chi connectivity index (χ1) is 6.96. The van der Waals surface area contributed by atoms with Gasteiger partial charge in [0.2, 0.25) is 0 Å². The van der Waals surface area contributed by atoms with Crippen molar-refractivity contribution in [3.8, 4) is 0 Å². The third-order valence-corrected chi connectivity index (χ3v) is 3.43. The second-order valence-corrected chi connectivity index (χ2v) is 5.90. The molecule has 1 fully saturated rings. The highest BCUT2D eigenvalue weighted by Crippen LogP contribution is 2.20. The summed E-state index contributed by atoms with van der Waals surface area (Å²) in [4.78, 5) is 2.69. The summed E-state index contributed by atoms with van der Waals surface area (Å²) >= 11 is 0. The Morgan fingerprint density at radius 1 is 1.40 bits per heavy atom. The molecule has 1 rings (SSSR count). The van der Waals surface area contributed by atoms with Crippen LogP contribution in [-0.4, -0.2) is 36.1 Å². The van der Waals surface area contributed by atoms with Gasteiger partial charge in [-0.05, 0) is 32.7 Å². The number of hydrogen-bond acceptors (Lipinski definition) is 2. The molecule has 0 spiro atoms. The normalized spacial score (nSPS) is 27.2. The predicted molar refractivity (Wildman–Crippen MR) is 67.2 cm³/mol. The van der Waals surface area contributed by atoms with Crippen LogP contribution in [0.3, 0.4) is 0 Å². The Bertz CT molecular complexity index is 187. The average Bonchev–Trinajstić information content (AvgIpc) is 2.12. The van der Waals surface area contributed by atoms with Gasteiger partial charge in [0.25, 0.3) is 0 Å². The van der Waals surface area contributed by atoms with Gasteiger partial charge in [0.05, 0.1) is 0 Å². The molecule has 1 unspecified atom stereocenters. The largest absolute Gasteiger partial charge is 0.309 e. The summed E-state index contributed by atoms with van der Waals surface area (Å²) in [5, 5.41) is 3.65. The van der Waals surface area contributed by atoms with Crippen LogP contribution in [-0.2, 0) is 0 Å². The number of hydrogen-bond donors (Lipinski definition) is 1. The minimum absolute atomic E-state index is 0.291. The lowest BCUT2D eigenvalue weighted by Crippen LogP contribution is -2.62. The molecule has 0 bridgehead atoms. The maximum atomic E-state index is 3.65. The molecule has 1 atom stereocenters. The van der Waals surface area contributed by atoms with Crippen molar-refractivity contribution in [2.24, 2.45) is 5.92 Å². The average molecular weight is 212 g/mol. The van der Waals surface area contributed by atoms with Gasteiger partial charge in [-0.1, -0.05) is 27.2 Å². The van der Waals surface area contributed by atoms with E-state index in [0.717, 1.165) is 18.5 Å². The Labute approximate surface area is 95.4 Å². The van der Waals surface area contributed by atoms with Gasteiger partial charge in [0.1, 0.15) is 0 Å². The van der Waals surface area contributed by atoms with Crippen molar-refractivity contribution in [3.05, 3.63) is 0 Å². The molecule has 1 N–H and O–H groups in total. The molecule has 15 heavy (non-hydrogen) atoms. The van der Waals surface area contributed by atoms with Crippen molar-refractivity contribution >= 4 is 0 Å². The quantitative estimate of drug-likeness (QED) is 0.770. The molecule has 2 heteroatoms. The fourth-order valence-electron chi connectivity index (χ4n) is 2.45. The monoisotopic (exact) mass is 212 g/mol. The van der Waals surface area contributed by atoms with Crippen molar-refractivity contribution in [3.63, 3.8) is 0 Å². The summed E-state index contributed by atoms with van der Waals surface area (Å²) in [6, 6.07) is 0.726. The van der Waals surface area contributed by atoms with Crippen molar-refractivity contribution < 1.29 is 0 Å². The Morgan fingerprint density at radius 2 is 2.07 bits per heavy atom. The standard InChI is InChI=1S/C13H28N2/c1-6-7-8-15-10-13(4,5)14-9-12(15)11(2)3/h11-12,14H,6-10H2,1-5H3. The molecule has 90 valence electrons. The van der Waals surface area contributed by atoms with Crippen LogP contribution in [0.25, 0.3) is 0 Å². The molecule has 0 radical (unpaired) electrons. The van der Waals surface area contributed by atoms with Crippen LogP contribution in [0.2, 0.25) is 0 Å². The van der Waals surface area contributed by atoms with E-state index in [0.29, 0.717) is 5.54 Å². The first-order valence-corrected chi connectivity index (χ1v) is 6.45. The van der Waals surface area contributed by atoms with E-state index in [1.54, 1.807) is 0 Å². The number of nitrogens with zero attached hydrogens (tertiary/aromatic N) is 1. The first kappa shape index (κ1) is 13.0. The van der Waals surface area contributed by atoms with Gasteiger partial charge in [-0.3, -0.25) is 4.90 Å². The molecule has 2 nitrogen and oxygen atoms in total. The van der Waals surface area contributed by atoms with E-state index in [2.05, 4.69) is 44.8 Å². The zero-order chi connectivity index (χ0) is 11.5. The highest BCUT2D eigenvalue weighted by atomic mass is 15.2. The van der Waals surface area contributed by atoms with Crippen LogP contribution < -0.4 is 5.32 Å². The lowest BCUT2D eigenvalue weighted by atomic mass is 9.93. The third-order valence-electron chi connectivity index (χ3n) is 3.43. The maximum absolute atomic E-state index is 3.65. The van der Waals surface area contributed by atoms with Crippen molar-refractivity contribution in [1.82, 2.24) is 10.2 Å². The third kappa shape index (κ3) is 3.76. The van der Waals surface area contributed by atoms with Gasteiger partial charge in [-0.15, -0.1) is 0 Å². The number of unbranched alkanes of at least 4 members (excludes halogenated alkanes) is 1. The summed E-state index contributed by atoms with van der Waals surface area (Å²) in [7, 11) is 0. The van der Waals surface area contributed by atoms with Crippen LogP contribution in [0.4, 0.5) is 0 Å². The van der Waals surface area contributed by atoms with Gasteiger partial charge < -0.3 is 5.32 Å². The summed E-state index contributed by atoms with van der Waals surface area (Å²) in [5.41, 5.74) is 0.291. The smallest absolute Gasteiger partial charge is 0.0252 e. The molecular weight excluding hydrogens is 184 g/mol. The molecule has 0 aliphatic carbocycles. The Hall–Kier alpha value is -0.0800. The van der Waals surface area contributed by atoms with Gasteiger partial charge in [0, 0.05) is 24.7 Å². The number of nitrogens with one attached hydrogen (secondary N) is 1. The Kier molecular flexibility index (Phi) is 4.60. The molecule has 1 aliphatic rings. The van der Waals surface area contributed by atoms with E-state index in [1.807, 2.05) is 0 Å². The van der Waals surface area contributed by atoms with Gasteiger partial charge >= 0.3 is 0 Å². The van der Waals surface area contributed by atoms with Crippen LogP contribution >= 0.6 is 0 Å². The number of rotatable bonds is 4. The van der Waals surface area contributed by atoms with E-state index < -0.39 is 0 Å². The summed E-state index contributed by atoms with van der Waals surface area (Å²) in [5.74, 6) is 0.755. The molecule has 0 saturated carbocycles. The molecular formula is C13H28N2. The summed E-state index contributed by atoms with van der Waals surface area (Å²) in [6.07, 6.45) is 2.63. The zero-order valence-corrected chi connectivity index (χ0v) is 11.1. The van der Waals surface area contributed by atoms with Crippen LogP contribution in [0.15, 0.2) is 0 Å². The molecule has 1 saturated heterocycles. The number of piperazine rings is 1. The zero-order valence-electron chi connectivity index (χ0n) is 11.1. The molecule has 0 aromatic carbocycles. The van der Waals surface area contributed by atoms with Crippen molar-refractivity contribution in [1.29, 1.82) is 0 Å². The lowest BCUT2D eigenvalue weighted by molar-refractivity contribution is 0.0683. The Morgan fingerprint density at radius 3 is 2.60 bits per heavy atom. The van der Waals surface area contributed by atoms with E-state index in [4.69, 9.17) is 0 Å². The molecule has 0 aromatic heterocycles. The highest BCUT2D eigenvalue weighted by Gasteiger charge is 2.33. The SMILES string of the molecule is CCCCN1CC(C)(C)NCC1C(C)C. The second kappa shape index (κ2) is 5.31. The topological polar surface area (TPSA) is 15.3 Å². The first-order valence-electron chi connectivity index (χ1n) is 6.45. The maximum Gasteiger partial charge on any atom is 0.0252 e. The molecule has 1 aliphatic heterocycles. The van der Waals surface area contributed by atoms with E-state index in [9.17, 15) is 0 Å². The molecule has 0 amide bonds. The van der Waals surface area contributed by atoms with Crippen LogP contribution in [0.1, 0.15) is 47.5 Å². The predicted octanol–water partition coefficient (Wildman–Crippen LogP) is 2.49. The fraction of sp³-hybridized carbons (Fsp3) is 1.00. The van der Waals surface area contributed by atoms with Crippen molar-refractivity contribution in [2.75, 3.05) is 19.6 Å². The fourth-order valence-corrected chi connectivity index (χ4v) is 2.45. The van der Waals surface area contributed by atoms with E-state index >= 15 is 0 Å². The lowest BCUT2D eigenvalue weighted by Gasteiger charge is -2.46. The minimum atomic E-state index is 0.291. The molecule has 1 heterocycles. The Balaban J connectivity index is 2.56. The molecule has 0 aromatic rings. The van der Waals surface area contributed by atoms with Gasteiger partial charge in [-0.25, -0.2) is 0 Å². The minimum Gasteiger partial charge on any atom is -0.309 e. The second-order valence-electron chi connectivity index (χ2n) is 5.90. The highest BCUT2D eigenvalue weighted by molar-refractivity contribution is 4.93.